The van der Waals surface area contributed by atoms with Gasteiger partial charge in [0.25, 0.3) is 5.91 Å². The first kappa shape index (κ1) is 21.2. The van der Waals surface area contributed by atoms with Gasteiger partial charge >= 0.3 is 0 Å². The number of nitrogens with zero attached hydrogens (tertiary/aromatic N) is 4. The molecule has 34 heavy (non-hydrogen) atoms. The lowest BCUT2D eigenvalue weighted by Crippen LogP contribution is -2.13. The van der Waals surface area contributed by atoms with Crippen molar-refractivity contribution in [2.45, 2.75) is 19.4 Å². The topological polar surface area (TPSA) is 138 Å². The van der Waals surface area contributed by atoms with Gasteiger partial charge in [-0.3, -0.25) is 4.79 Å². The molecule has 9 nitrogen and oxygen atoms in total. The highest BCUT2D eigenvalue weighted by atomic mass is 16.3. The van der Waals surface area contributed by atoms with E-state index in [1.807, 2.05) is 47.1 Å². The van der Waals surface area contributed by atoms with E-state index in [2.05, 4.69) is 20.4 Å². The van der Waals surface area contributed by atoms with E-state index in [0.29, 0.717) is 40.6 Å². The van der Waals surface area contributed by atoms with E-state index >= 15 is 0 Å². The van der Waals surface area contributed by atoms with Crippen molar-refractivity contribution in [2.75, 3.05) is 16.8 Å². The lowest BCUT2D eigenvalue weighted by Gasteiger charge is -2.09. The van der Waals surface area contributed by atoms with Crippen LogP contribution in [0, 0.1) is 0 Å². The van der Waals surface area contributed by atoms with Crippen LogP contribution in [0.15, 0.2) is 77.5 Å². The predicted molar refractivity (Wildman–Crippen MR) is 131 cm³/mol. The van der Waals surface area contributed by atoms with E-state index in [4.69, 9.17) is 15.9 Å². The minimum atomic E-state index is -0.197. The summed E-state index contributed by atoms with van der Waals surface area (Å²) in [6, 6.07) is 18.4. The molecule has 170 valence electrons. The molecule has 2 aromatic carbocycles. The minimum Gasteiger partial charge on any atom is -0.463 e. The molecule has 0 saturated carbocycles. The van der Waals surface area contributed by atoms with Gasteiger partial charge in [-0.1, -0.05) is 24.3 Å². The molecule has 0 spiro atoms. The molecule has 1 amide bonds. The molecule has 0 radical (unpaired) electrons. The van der Waals surface area contributed by atoms with Gasteiger partial charge in [-0.15, -0.1) is 0 Å². The maximum absolute atomic E-state index is 12.5. The molecule has 9 heteroatoms. The summed E-state index contributed by atoms with van der Waals surface area (Å²) in [6.45, 7) is 0.660. The molecule has 5 rings (SSSR count). The Bertz CT molecular complexity index is 1440. The number of benzene rings is 2. The Morgan fingerprint density at radius 2 is 1.82 bits per heavy atom. The number of furan rings is 1. The van der Waals surface area contributed by atoms with Crippen molar-refractivity contribution in [1.82, 2.24) is 19.7 Å². The number of nitrogens with two attached hydrogens (primary N) is 2. The summed E-state index contributed by atoms with van der Waals surface area (Å²) in [5.41, 5.74) is 16.0. The molecule has 5 aromatic rings. The average Bonchev–Trinajstić information content (AvgIpc) is 3.51. The molecule has 3 aromatic heterocycles. The quantitative estimate of drug-likeness (QED) is 0.315. The molecular weight excluding hydrogens is 430 g/mol. The number of rotatable bonds is 7. The Morgan fingerprint density at radius 1 is 1.00 bits per heavy atom. The van der Waals surface area contributed by atoms with Crippen molar-refractivity contribution in [1.29, 1.82) is 0 Å². The van der Waals surface area contributed by atoms with Gasteiger partial charge in [0, 0.05) is 12.1 Å². The number of nitrogens with one attached hydrogen (secondary N) is 1. The van der Waals surface area contributed by atoms with E-state index < -0.39 is 0 Å². The number of amides is 1. The Balaban J connectivity index is 1.23. The molecule has 0 atom stereocenters. The second-order valence-electron chi connectivity index (χ2n) is 7.85. The van der Waals surface area contributed by atoms with Crippen LogP contribution in [0.25, 0.3) is 22.5 Å². The third kappa shape index (κ3) is 4.31. The zero-order chi connectivity index (χ0) is 23.5. The standard InChI is InChI=1S/C25H23N7O2/c26-19-6-1-2-7-20(19)29-24(33)17-11-9-16(10-12-17)5-3-13-32-23-18(15-28-32)22(30-25(27)31-23)21-8-4-14-34-21/h1-2,4,6-12,14-15H,3,5,13,26H2,(H,29,33)(H2,27,30,31). The maximum atomic E-state index is 12.5. The number of anilines is 3. The predicted octanol–water partition coefficient (Wildman–Crippen LogP) is 4.14. The zero-order valence-corrected chi connectivity index (χ0v) is 18.3. The number of aromatic nitrogens is 4. The van der Waals surface area contributed by atoms with E-state index in [-0.39, 0.29) is 11.9 Å². The summed E-state index contributed by atoms with van der Waals surface area (Å²) in [6.07, 6.45) is 4.98. The van der Waals surface area contributed by atoms with Crippen molar-refractivity contribution in [3.8, 4) is 11.5 Å². The highest BCUT2D eigenvalue weighted by molar-refractivity contribution is 6.05. The Morgan fingerprint density at radius 3 is 2.59 bits per heavy atom. The van der Waals surface area contributed by atoms with E-state index in [9.17, 15) is 4.79 Å². The van der Waals surface area contributed by atoms with Crippen LogP contribution in [0.1, 0.15) is 22.3 Å². The van der Waals surface area contributed by atoms with Crippen molar-refractivity contribution in [3.05, 3.63) is 84.3 Å². The summed E-state index contributed by atoms with van der Waals surface area (Å²) in [7, 11) is 0. The highest BCUT2D eigenvalue weighted by Gasteiger charge is 2.15. The smallest absolute Gasteiger partial charge is 0.255 e. The molecule has 0 aliphatic rings. The number of carbonyl (C=O) groups is 1. The number of fused-ring (bicyclic) bond motifs is 1. The van der Waals surface area contributed by atoms with Crippen molar-refractivity contribution in [2.24, 2.45) is 0 Å². The third-order valence-corrected chi connectivity index (χ3v) is 5.53. The number of aryl methyl sites for hydroxylation is 2. The van der Waals surface area contributed by atoms with Gasteiger partial charge in [-0.05, 0) is 54.8 Å². The van der Waals surface area contributed by atoms with E-state index in [1.54, 1.807) is 30.7 Å². The van der Waals surface area contributed by atoms with Gasteiger partial charge < -0.3 is 21.2 Å². The Kier molecular flexibility index (Phi) is 5.65. The van der Waals surface area contributed by atoms with Gasteiger partial charge in [0.1, 0.15) is 5.69 Å². The summed E-state index contributed by atoms with van der Waals surface area (Å²) in [5, 5.41) is 8.11. The molecule has 0 fully saturated rings. The lowest BCUT2D eigenvalue weighted by molar-refractivity contribution is 0.102. The molecule has 0 unspecified atom stereocenters. The van der Waals surface area contributed by atoms with Crippen LogP contribution in [0.2, 0.25) is 0 Å². The minimum absolute atomic E-state index is 0.173. The van der Waals surface area contributed by atoms with Gasteiger partial charge in [-0.2, -0.15) is 10.1 Å². The summed E-state index contributed by atoms with van der Waals surface area (Å²) >= 11 is 0. The zero-order valence-electron chi connectivity index (χ0n) is 18.3. The fraction of sp³-hybridized carbons (Fsp3) is 0.120. The maximum Gasteiger partial charge on any atom is 0.255 e. The molecular formula is C25H23N7O2. The lowest BCUT2D eigenvalue weighted by atomic mass is 10.1. The van der Waals surface area contributed by atoms with Crippen LogP contribution in [0.4, 0.5) is 17.3 Å². The Labute approximate surface area is 195 Å². The molecule has 0 aliphatic heterocycles. The summed E-state index contributed by atoms with van der Waals surface area (Å²) in [5.74, 6) is 0.599. The SMILES string of the molecule is Nc1nc(-c2ccco2)c2cnn(CCCc3ccc(C(=O)Nc4ccccc4N)cc3)c2n1. The average molecular weight is 454 g/mol. The Hall–Kier alpha value is -4.66. The van der Waals surface area contributed by atoms with Gasteiger partial charge in [0.15, 0.2) is 11.4 Å². The van der Waals surface area contributed by atoms with Crippen molar-refractivity contribution >= 4 is 34.3 Å². The molecule has 0 saturated heterocycles. The van der Waals surface area contributed by atoms with Crippen LogP contribution in [0.5, 0.6) is 0 Å². The fourth-order valence-electron chi connectivity index (χ4n) is 3.80. The van der Waals surface area contributed by atoms with Gasteiger partial charge in [0.05, 0.1) is 29.2 Å². The first-order valence-electron chi connectivity index (χ1n) is 10.9. The first-order chi connectivity index (χ1) is 16.6. The molecule has 5 N–H and O–H groups in total. The van der Waals surface area contributed by atoms with Crippen LogP contribution in [-0.2, 0) is 13.0 Å². The first-order valence-corrected chi connectivity index (χ1v) is 10.9. The number of hydrogen-bond acceptors (Lipinski definition) is 7. The van der Waals surface area contributed by atoms with Gasteiger partial charge in [-0.25, -0.2) is 9.67 Å². The second kappa shape index (κ2) is 9.07. The second-order valence-corrected chi connectivity index (χ2v) is 7.85. The van der Waals surface area contributed by atoms with Crippen LogP contribution >= 0.6 is 0 Å². The fourth-order valence-corrected chi connectivity index (χ4v) is 3.80. The molecule has 0 bridgehead atoms. The number of nitrogen functional groups attached to an aromatic ring is 2. The van der Waals surface area contributed by atoms with E-state index in [1.165, 1.54) is 0 Å². The number of carbonyl (C=O) groups excluding carboxylic acids is 1. The number of para-hydroxylation sites is 2. The van der Waals surface area contributed by atoms with Crippen molar-refractivity contribution in [3.63, 3.8) is 0 Å². The third-order valence-electron chi connectivity index (χ3n) is 5.53. The largest absolute Gasteiger partial charge is 0.463 e. The number of hydrogen-bond donors (Lipinski definition) is 3. The van der Waals surface area contributed by atoms with Crippen LogP contribution in [-0.4, -0.2) is 25.7 Å². The highest BCUT2D eigenvalue weighted by Crippen LogP contribution is 2.27. The summed E-state index contributed by atoms with van der Waals surface area (Å²) < 4.78 is 7.30. The van der Waals surface area contributed by atoms with Crippen LogP contribution < -0.4 is 16.8 Å². The van der Waals surface area contributed by atoms with Gasteiger partial charge in [0.2, 0.25) is 5.95 Å². The molecule has 0 aliphatic carbocycles. The van der Waals surface area contributed by atoms with E-state index in [0.717, 1.165) is 23.8 Å². The van der Waals surface area contributed by atoms with Crippen LogP contribution in [0.3, 0.4) is 0 Å². The monoisotopic (exact) mass is 453 g/mol. The normalized spacial score (nSPS) is 11.1. The summed E-state index contributed by atoms with van der Waals surface area (Å²) in [4.78, 5) is 21.2. The molecule has 3 heterocycles. The van der Waals surface area contributed by atoms with Crippen molar-refractivity contribution < 1.29 is 9.21 Å².